The zero-order valence-electron chi connectivity index (χ0n) is 48.9. The molecule has 0 fully saturated rings. The number of rotatable bonds is 59. The lowest BCUT2D eigenvalue weighted by molar-refractivity contribution is -0.167. The molecule has 0 radical (unpaired) electrons. The van der Waals surface area contributed by atoms with Gasteiger partial charge in [-0.15, -0.1) is 0 Å². The summed E-state index contributed by atoms with van der Waals surface area (Å²) in [5.41, 5.74) is 0. The standard InChI is InChI=1S/C67H122O6/c1-4-7-10-13-16-19-22-25-28-31-32-33-34-37-39-42-45-48-51-54-57-60-66(69)72-63-64(73-67(70)61-58-55-52-49-46-43-40-36-30-27-24-21-18-15-12-9-6-3)62-71-65(68)59-56-53-50-47-44-41-38-35-29-26-23-20-17-14-11-8-5-2/h9,12,18,21,26-27,29-30,64H,4-8,10-11,13-17,19-20,22-25,28,31-63H2,1-3H3/b12-9-,21-18-,29-26-,30-27-. The molecule has 0 aliphatic heterocycles. The van der Waals surface area contributed by atoms with Crippen molar-refractivity contribution in [1.82, 2.24) is 0 Å². The first kappa shape index (κ1) is 70.4. The van der Waals surface area contributed by atoms with Crippen molar-refractivity contribution in [3.63, 3.8) is 0 Å². The van der Waals surface area contributed by atoms with Crippen LogP contribution in [0, 0.1) is 0 Å². The van der Waals surface area contributed by atoms with Gasteiger partial charge in [0.05, 0.1) is 0 Å². The third kappa shape index (κ3) is 60.1. The number of carbonyl (C=O) groups is 3. The minimum absolute atomic E-state index is 0.0748. The molecule has 0 aromatic heterocycles. The van der Waals surface area contributed by atoms with Gasteiger partial charge in [-0.2, -0.15) is 0 Å². The lowest BCUT2D eigenvalue weighted by Gasteiger charge is -2.18. The Hall–Kier alpha value is -2.63. The summed E-state index contributed by atoms with van der Waals surface area (Å²) in [7, 11) is 0. The van der Waals surface area contributed by atoms with Gasteiger partial charge in [0.25, 0.3) is 0 Å². The van der Waals surface area contributed by atoms with Gasteiger partial charge in [0.1, 0.15) is 13.2 Å². The molecule has 1 atom stereocenters. The van der Waals surface area contributed by atoms with Crippen LogP contribution in [0.2, 0.25) is 0 Å². The van der Waals surface area contributed by atoms with E-state index in [1.54, 1.807) is 0 Å². The van der Waals surface area contributed by atoms with E-state index in [9.17, 15) is 14.4 Å². The third-order valence-electron chi connectivity index (χ3n) is 14.3. The van der Waals surface area contributed by atoms with Crippen LogP contribution in [-0.4, -0.2) is 37.2 Å². The van der Waals surface area contributed by atoms with Gasteiger partial charge in [0.2, 0.25) is 0 Å². The van der Waals surface area contributed by atoms with Crippen molar-refractivity contribution in [3.8, 4) is 0 Å². The van der Waals surface area contributed by atoms with Gasteiger partial charge in [0.15, 0.2) is 6.10 Å². The zero-order chi connectivity index (χ0) is 52.9. The normalized spacial score (nSPS) is 12.3. The summed E-state index contributed by atoms with van der Waals surface area (Å²) < 4.78 is 16.9. The highest BCUT2D eigenvalue weighted by Crippen LogP contribution is 2.17. The molecule has 6 heteroatoms. The van der Waals surface area contributed by atoms with Crippen LogP contribution in [0.4, 0.5) is 0 Å². The van der Waals surface area contributed by atoms with Gasteiger partial charge in [-0.25, -0.2) is 0 Å². The van der Waals surface area contributed by atoms with Crippen LogP contribution < -0.4 is 0 Å². The fourth-order valence-corrected chi connectivity index (χ4v) is 9.51. The van der Waals surface area contributed by atoms with E-state index in [1.165, 1.54) is 218 Å². The van der Waals surface area contributed by atoms with Gasteiger partial charge in [0, 0.05) is 19.3 Å². The quantitative estimate of drug-likeness (QED) is 0.0261. The second-order valence-corrected chi connectivity index (χ2v) is 21.6. The fourth-order valence-electron chi connectivity index (χ4n) is 9.51. The molecule has 0 heterocycles. The van der Waals surface area contributed by atoms with Gasteiger partial charge in [-0.1, -0.05) is 294 Å². The molecule has 0 saturated heterocycles. The zero-order valence-corrected chi connectivity index (χ0v) is 48.9. The van der Waals surface area contributed by atoms with E-state index in [2.05, 4.69) is 69.4 Å². The van der Waals surface area contributed by atoms with Gasteiger partial charge < -0.3 is 14.2 Å². The summed E-state index contributed by atoms with van der Waals surface area (Å²) in [5.74, 6) is -0.868. The van der Waals surface area contributed by atoms with Crippen LogP contribution in [0.5, 0.6) is 0 Å². The van der Waals surface area contributed by atoms with E-state index in [0.717, 1.165) is 83.5 Å². The first-order valence-corrected chi connectivity index (χ1v) is 32.1. The molecule has 0 bridgehead atoms. The summed E-state index contributed by atoms with van der Waals surface area (Å²) >= 11 is 0. The minimum atomic E-state index is -0.779. The lowest BCUT2D eigenvalue weighted by atomic mass is 10.0. The Bertz CT molecular complexity index is 1270. The molecule has 0 aromatic rings. The largest absolute Gasteiger partial charge is 0.462 e. The molecule has 0 rings (SSSR count). The predicted molar refractivity (Wildman–Crippen MR) is 316 cm³/mol. The highest BCUT2D eigenvalue weighted by molar-refractivity contribution is 5.71. The Morgan fingerprint density at radius 1 is 0.288 bits per heavy atom. The van der Waals surface area contributed by atoms with Crippen molar-refractivity contribution in [2.75, 3.05) is 13.2 Å². The summed E-state index contributed by atoms with van der Waals surface area (Å²) in [4.78, 5) is 38.3. The fraction of sp³-hybridized carbons (Fsp3) is 0.836. The number of carbonyl (C=O) groups excluding carboxylic acids is 3. The monoisotopic (exact) mass is 1020 g/mol. The van der Waals surface area contributed by atoms with E-state index in [1.807, 2.05) is 0 Å². The summed E-state index contributed by atoms with van der Waals surface area (Å²) in [6, 6.07) is 0. The first-order chi connectivity index (χ1) is 36.0. The molecule has 0 spiro atoms. The average Bonchev–Trinajstić information content (AvgIpc) is 3.39. The summed E-state index contributed by atoms with van der Waals surface area (Å²) in [6.07, 6.45) is 76.9. The van der Waals surface area contributed by atoms with Crippen LogP contribution >= 0.6 is 0 Å². The molecule has 73 heavy (non-hydrogen) atoms. The maximum Gasteiger partial charge on any atom is 0.306 e. The molecule has 6 nitrogen and oxygen atoms in total. The Kier molecular flexibility index (Phi) is 59.7. The second-order valence-electron chi connectivity index (χ2n) is 21.6. The van der Waals surface area contributed by atoms with Gasteiger partial charge in [-0.05, 0) is 77.0 Å². The second kappa shape index (κ2) is 61.9. The lowest BCUT2D eigenvalue weighted by Crippen LogP contribution is -2.30. The number of allylic oxidation sites excluding steroid dienone is 8. The van der Waals surface area contributed by atoms with Crippen LogP contribution in [0.3, 0.4) is 0 Å². The van der Waals surface area contributed by atoms with Gasteiger partial charge in [-0.3, -0.25) is 14.4 Å². The summed E-state index contributed by atoms with van der Waals surface area (Å²) in [5, 5.41) is 0. The van der Waals surface area contributed by atoms with E-state index >= 15 is 0 Å². The average molecular weight is 1020 g/mol. The SMILES string of the molecule is CC/C=C\C/C=C\C/C=C\CCCCCCCCCC(=O)OC(COC(=O)CCCCCCCCC/C=C\CCCCCCCC)COC(=O)CCCCCCCCCCCCCCCCCCCCCCC. The Morgan fingerprint density at radius 2 is 0.534 bits per heavy atom. The number of ether oxygens (including phenoxy) is 3. The number of hydrogen-bond donors (Lipinski definition) is 0. The van der Waals surface area contributed by atoms with Crippen molar-refractivity contribution < 1.29 is 28.6 Å². The molecule has 0 aliphatic carbocycles. The van der Waals surface area contributed by atoms with E-state index in [-0.39, 0.29) is 31.1 Å². The number of unbranched alkanes of at least 4 members (excludes halogenated alkanes) is 40. The van der Waals surface area contributed by atoms with Crippen LogP contribution in [0.25, 0.3) is 0 Å². The van der Waals surface area contributed by atoms with Crippen molar-refractivity contribution in [3.05, 3.63) is 48.6 Å². The Morgan fingerprint density at radius 3 is 0.849 bits per heavy atom. The molecular formula is C67H122O6. The molecule has 0 amide bonds. The predicted octanol–water partition coefficient (Wildman–Crippen LogP) is 21.8. The van der Waals surface area contributed by atoms with Crippen LogP contribution in [0.15, 0.2) is 48.6 Å². The maximum absolute atomic E-state index is 12.9. The molecule has 0 N–H and O–H groups in total. The van der Waals surface area contributed by atoms with E-state index in [0.29, 0.717) is 19.3 Å². The van der Waals surface area contributed by atoms with Crippen molar-refractivity contribution in [1.29, 1.82) is 0 Å². The topological polar surface area (TPSA) is 78.9 Å². The minimum Gasteiger partial charge on any atom is -0.462 e. The molecule has 426 valence electrons. The smallest absolute Gasteiger partial charge is 0.306 e. The Balaban J connectivity index is 4.33. The molecular weight excluding hydrogens is 901 g/mol. The molecule has 1 unspecified atom stereocenters. The van der Waals surface area contributed by atoms with Crippen LogP contribution in [0.1, 0.15) is 342 Å². The number of hydrogen-bond acceptors (Lipinski definition) is 6. The molecule has 0 aromatic carbocycles. The first-order valence-electron chi connectivity index (χ1n) is 32.1. The highest BCUT2D eigenvalue weighted by atomic mass is 16.6. The molecule has 0 aliphatic rings. The number of esters is 3. The van der Waals surface area contributed by atoms with Crippen molar-refractivity contribution >= 4 is 17.9 Å². The van der Waals surface area contributed by atoms with E-state index in [4.69, 9.17) is 14.2 Å². The van der Waals surface area contributed by atoms with E-state index < -0.39 is 6.10 Å². The van der Waals surface area contributed by atoms with Gasteiger partial charge >= 0.3 is 17.9 Å². The Labute approximate surface area is 454 Å². The van der Waals surface area contributed by atoms with Crippen LogP contribution in [-0.2, 0) is 28.6 Å². The maximum atomic E-state index is 12.9. The highest BCUT2D eigenvalue weighted by Gasteiger charge is 2.19. The summed E-state index contributed by atoms with van der Waals surface area (Å²) in [6.45, 7) is 6.57. The third-order valence-corrected chi connectivity index (χ3v) is 14.3. The van der Waals surface area contributed by atoms with Crippen molar-refractivity contribution in [2.24, 2.45) is 0 Å². The molecule has 0 saturated carbocycles. The van der Waals surface area contributed by atoms with Crippen molar-refractivity contribution in [2.45, 2.75) is 348 Å².